The molecule has 0 aliphatic carbocycles. The molecule has 114 valence electrons. The van der Waals surface area contributed by atoms with E-state index in [2.05, 4.69) is 16.5 Å². The van der Waals surface area contributed by atoms with Gasteiger partial charge in [-0.15, -0.1) is 0 Å². The summed E-state index contributed by atoms with van der Waals surface area (Å²) < 4.78 is 14.3. The van der Waals surface area contributed by atoms with Crippen molar-refractivity contribution in [3.05, 3.63) is 0 Å². The largest absolute Gasteiger partial charge is 0.491 e. The van der Waals surface area contributed by atoms with Crippen LogP contribution in [-0.4, -0.2) is 22.3 Å². The fourth-order valence-electron chi connectivity index (χ4n) is 1.58. The third-order valence-electron chi connectivity index (χ3n) is 2.56. The summed E-state index contributed by atoms with van der Waals surface area (Å²) in [4.78, 5) is 20.7. The molecule has 0 heterocycles. The van der Waals surface area contributed by atoms with Gasteiger partial charge in [0.2, 0.25) is 5.96 Å². The van der Waals surface area contributed by atoms with Gasteiger partial charge in [-0.05, 0) is 6.42 Å². The monoisotopic (exact) mass is 295 g/mol. The van der Waals surface area contributed by atoms with Crippen LogP contribution in [0.2, 0.25) is 0 Å². The van der Waals surface area contributed by atoms with Gasteiger partial charge in [-0.3, -0.25) is 4.99 Å². The molecule has 19 heavy (non-hydrogen) atoms. The second kappa shape index (κ2) is 11.2. The van der Waals surface area contributed by atoms with Crippen molar-refractivity contribution in [3.8, 4) is 0 Å². The fourth-order valence-corrected chi connectivity index (χ4v) is 1.80. The van der Waals surface area contributed by atoms with E-state index in [1.54, 1.807) is 0 Å². The number of nitrogens with two attached hydrogens (primary N) is 1. The summed E-state index contributed by atoms with van der Waals surface area (Å²) in [6, 6.07) is 0. The smallest absolute Gasteiger partial charge is 0.368 e. The highest BCUT2D eigenvalue weighted by atomic mass is 31.2. The first-order chi connectivity index (χ1) is 8.95. The van der Waals surface area contributed by atoms with Crippen molar-refractivity contribution >= 4 is 13.8 Å². The number of hydroxylamine groups is 1. The van der Waals surface area contributed by atoms with Crippen LogP contribution in [0, 0.1) is 0 Å². The maximum Gasteiger partial charge on any atom is 0.491 e. The average Bonchev–Trinajstić information content (AvgIpc) is 2.33. The molecule has 7 nitrogen and oxygen atoms in total. The lowest BCUT2D eigenvalue weighted by molar-refractivity contribution is 0.162. The van der Waals surface area contributed by atoms with Gasteiger partial charge >= 0.3 is 7.82 Å². The molecule has 0 aromatic heterocycles. The van der Waals surface area contributed by atoms with Crippen LogP contribution >= 0.6 is 7.82 Å². The Bertz CT molecular complexity index is 294. The molecule has 0 saturated heterocycles. The Labute approximate surface area is 114 Å². The number of hydrogen-bond donors (Lipinski definition) is 4. The summed E-state index contributed by atoms with van der Waals surface area (Å²) in [5.41, 5.74) is 7.26. The number of nitrogens with zero attached hydrogens (tertiary/aromatic N) is 1. The molecule has 0 rings (SSSR count). The predicted octanol–water partition coefficient (Wildman–Crippen LogP) is 2.06. The van der Waals surface area contributed by atoms with Crippen molar-refractivity contribution in [1.29, 1.82) is 0 Å². The minimum Gasteiger partial charge on any atom is -0.368 e. The molecule has 0 bridgehead atoms. The quantitative estimate of drug-likeness (QED) is 0.152. The first-order valence-electron chi connectivity index (χ1n) is 6.75. The lowest BCUT2D eigenvalue weighted by Crippen LogP contribution is -2.31. The summed E-state index contributed by atoms with van der Waals surface area (Å²) >= 11 is 0. The topological polar surface area (TPSA) is 117 Å². The van der Waals surface area contributed by atoms with E-state index >= 15 is 0 Å². The maximum absolute atomic E-state index is 10.4. The number of phosphoric acid groups is 1. The Balaban J connectivity index is 3.39. The van der Waals surface area contributed by atoms with E-state index in [1.807, 2.05) is 5.48 Å². The van der Waals surface area contributed by atoms with Gasteiger partial charge in [0.15, 0.2) is 0 Å². The van der Waals surface area contributed by atoms with Gasteiger partial charge in [0, 0.05) is 6.54 Å². The lowest BCUT2D eigenvalue weighted by atomic mass is 10.1. The van der Waals surface area contributed by atoms with Crippen LogP contribution in [0.15, 0.2) is 4.99 Å². The summed E-state index contributed by atoms with van der Waals surface area (Å²) in [5.74, 6) is -0.119. The number of aliphatic imine (C=N–C) groups is 1. The summed E-state index contributed by atoms with van der Waals surface area (Å²) in [6.07, 6.45) is 9.60. The number of hydrogen-bond acceptors (Lipinski definition) is 3. The van der Waals surface area contributed by atoms with Crippen molar-refractivity contribution in [2.24, 2.45) is 10.7 Å². The molecule has 0 atom stereocenters. The van der Waals surface area contributed by atoms with Crippen molar-refractivity contribution < 1.29 is 19.0 Å². The molecule has 0 fully saturated rings. The van der Waals surface area contributed by atoms with Crippen molar-refractivity contribution in [2.45, 2.75) is 58.3 Å². The van der Waals surface area contributed by atoms with Crippen LogP contribution in [0.1, 0.15) is 58.3 Å². The van der Waals surface area contributed by atoms with Crippen LogP contribution in [0.5, 0.6) is 0 Å². The Hall–Kier alpha value is -0.620. The molecule has 0 aliphatic rings. The number of guanidine groups is 1. The molecule has 5 N–H and O–H groups in total. The standard InChI is InChI=1S/C11H26N3O4P/c1-2-3-4-5-6-7-8-9-10-13-11(12)14-18-19(15,16)17/h2-10H2,1H3,(H3,12,13,14)(H2,15,16,17). The number of rotatable bonds is 11. The second-order valence-electron chi connectivity index (χ2n) is 4.43. The first kappa shape index (κ1) is 18.4. The van der Waals surface area contributed by atoms with Gasteiger partial charge in [-0.2, -0.15) is 4.62 Å². The maximum atomic E-state index is 10.4. The van der Waals surface area contributed by atoms with Gasteiger partial charge in [-0.25, -0.2) is 10.0 Å². The second-order valence-corrected chi connectivity index (χ2v) is 5.59. The van der Waals surface area contributed by atoms with Crippen molar-refractivity contribution in [1.82, 2.24) is 5.48 Å². The molecule has 0 saturated carbocycles. The lowest BCUT2D eigenvalue weighted by Gasteiger charge is -2.06. The SMILES string of the molecule is CCCCCCCCCCN=C(N)NOP(=O)(O)O. The van der Waals surface area contributed by atoms with E-state index in [0.29, 0.717) is 6.54 Å². The van der Waals surface area contributed by atoms with Crippen LogP contribution in [0.3, 0.4) is 0 Å². The molecule has 0 aromatic rings. The van der Waals surface area contributed by atoms with Crippen LogP contribution in [0.4, 0.5) is 0 Å². The molecular weight excluding hydrogens is 269 g/mol. The fraction of sp³-hybridized carbons (Fsp3) is 0.909. The van der Waals surface area contributed by atoms with E-state index in [1.165, 1.54) is 38.5 Å². The van der Waals surface area contributed by atoms with Gasteiger partial charge in [-0.1, -0.05) is 51.9 Å². The minimum atomic E-state index is -4.55. The zero-order chi connectivity index (χ0) is 14.6. The molecule has 0 aliphatic heterocycles. The molecule has 0 radical (unpaired) electrons. The highest BCUT2D eigenvalue weighted by Crippen LogP contribution is 2.33. The van der Waals surface area contributed by atoms with E-state index in [-0.39, 0.29) is 5.96 Å². The molecule has 0 unspecified atom stereocenters. The zero-order valence-electron chi connectivity index (χ0n) is 11.5. The van der Waals surface area contributed by atoms with Crippen LogP contribution in [-0.2, 0) is 9.19 Å². The van der Waals surface area contributed by atoms with Gasteiger partial charge in [0.05, 0.1) is 0 Å². The normalized spacial score (nSPS) is 12.7. The predicted molar refractivity (Wildman–Crippen MR) is 75.4 cm³/mol. The Kier molecular flexibility index (Phi) is 10.9. The van der Waals surface area contributed by atoms with Crippen molar-refractivity contribution in [2.75, 3.05) is 6.54 Å². The highest BCUT2D eigenvalue weighted by molar-refractivity contribution is 7.46. The molecular formula is C11H26N3O4P. The van der Waals surface area contributed by atoms with E-state index < -0.39 is 7.82 Å². The van der Waals surface area contributed by atoms with E-state index in [0.717, 1.165) is 12.8 Å². The van der Waals surface area contributed by atoms with Gasteiger partial charge in [0.1, 0.15) is 0 Å². The van der Waals surface area contributed by atoms with Crippen molar-refractivity contribution in [3.63, 3.8) is 0 Å². The first-order valence-corrected chi connectivity index (χ1v) is 8.29. The van der Waals surface area contributed by atoms with Crippen LogP contribution < -0.4 is 11.2 Å². The number of unbranched alkanes of at least 4 members (excludes halogenated alkanes) is 7. The van der Waals surface area contributed by atoms with E-state index in [4.69, 9.17) is 15.5 Å². The van der Waals surface area contributed by atoms with Crippen LogP contribution in [0.25, 0.3) is 0 Å². The van der Waals surface area contributed by atoms with Gasteiger partial charge in [0.25, 0.3) is 0 Å². The highest BCUT2D eigenvalue weighted by Gasteiger charge is 2.14. The third-order valence-corrected chi connectivity index (χ3v) is 2.89. The summed E-state index contributed by atoms with van der Waals surface area (Å²) in [7, 11) is -4.55. The zero-order valence-corrected chi connectivity index (χ0v) is 12.4. The van der Waals surface area contributed by atoms with Gasteiger partial charge < -0.3 is 15.5 Å². The molecule has 0 spiro atoms. The summed E-state index contributed by atoms with van der Waals surface area (Å²) in [5, 5.41) is 0. The van der Waals surface area contributed by atoms with E-state index in [9.17, 15) is 4.57 Å². The summed E-state index contributed by atoms with van der Waals surface area (Å²) in [6.45, 7) is 2.73. The molecule has 8 heteroatoms. The Morgan fingerprint density at radius 3 is 2.21 bits per heavy atom. The molecule has 0 aromatic carbocycles. The Morgan fingerprint density at radius 2 is 1.68 bits per heavy atom. The average molecular weight is 295 g/mol. The Morgan fingerprint density at radius 1 is 1.16 bits per heavy atom. The third kappa shape index (κ3) is 15.3. The minimum absolute atomic E-state index is 0.119. The molecule has 0 amide bonds. The number of nitrogens with one attached hydrogen (secondary N) is 1.